The summed E-state index contributed by atoms with van der Waals surface area (Å²) in [5, 5.41) is 0. The molecule has 1 heterocycles. The van der Waals surface area contributed by atoms with Crippen LogP contribution in [0, 0.1) is 11.2 Å². The van der Waals surface area contributed by atoms with Gasteiger partial charge in [0.05, 0.1) is 16.9 Å². The van der Waals surface area contributed by atoms with Crippen LogP contribution in [0.25, 0.3) is 5.69 Å². The van der Waals surface area contributed by atoms with Crippen LogP contribution >= 0.6 is 0 Å². The van der Waals surface area contributed by atoms with E-state index in [0.29, 0.717) is 11.6 Å². The lowest BCUT2D eigenvalue weighted by molar-refractivity contribution is -0.137. The SMILES string of the molecule is Cn1c2c(c(=O)n1-c1cc(F)ccc1C(F)(F)F)[C@H]1CC[C@]2(C)C1(C)C. The van der Waals surface area contributed by atoms with Crippen molar-refractivity contribution in [3.05, 3.63) is 51.2 Å². The van der Waals surface area contributed by atoms with E-state index in [1.165, 1.54) is 4.68 Å². The highest BCUT2D eigenvalue weighted by atomic mass is 19.4. The number of rotatable bonds is 1. The Kier molecular flexibility index (Phi) is 3.21. The molecule has 0 N–H and O–H groups in total. The lowest BCUT2D eigenvalue weighted by atomic mass is 9.70. The normalized spacial score (nSPS) is 26.4. The molecule has 2 aliphatic carbocycles. The highest BCUT2D eigenvalue weighted by molar-refractivity contribution is 5.49. The fraction of sp³-hybridized carbons (Fsp3) is 0.526. The number of aromatic nitrogens is 2. The fourth-order valence-electron chi connectivity index (χ4n) is 5.21. The van der Waals surface area contributed by atoms with Crippen LogP contribution in [0.3, 0.4) is 0 Å². The molecule has 2 aliphatic rings. The van der Waals surface area contributed by atoms with Crippen molar-refractivity contribution in [2.75, 3.05) is 0 Å². The minimum Gasteiger partial charge on any atom is -0.284 e. The maximum atomic E-state index is 13.8. The summed E-state index contributed by atoms with van der Waals surface area (Å²) in [6.45, 7) is 6.29. The third kappa shape index (κ3) is 1.86. The first-order chi connectivity index (χ1) is 11.9. The summed E-state index contributed by atoms with van der Waals surface area (Å²) in [5.41, 5.74) is -1.01. The lowest BCUT2D eigenvalue weighted by Crippen LogP contribution is -2.35. The molecule has 0 aliphatic heterocycles. The van der Waals surface area contributed by atoms with Gasteiger partial charge in [-0.1, -0.05) is 20.8 Å². The lowest BCUT2D eigenvalue weighted by Gasteiger charge is -2.36. The van der Waals surface area contributed by atoms with Gasteiger partial charge < -0.3 is 0 Å². The van der Waals surface area contributed by atoms with E-state index in [-0.39, 0.29) is 16.7 Å². The smallest absolute Gasteiger partial charge is 0.284 e. The Morgan fingerprint density at radius 1 is 1.19 bits per heavy atom. The van der Waals surface area contributed by atoms with Gasteiger partial charge in [0.1, 0.15) is 5.82 Å². The van der Waals surface area contributed by atoms with E-state index in [9.17, 15) is 22.4 Å². The first-order valence-corrected chi connectivity index (χ1v) is 8.61. The van der Waals surface area contributed by atoms with Gasteiger partial charge >= 0.3 is 6.18 Å². The van der Waals surface area contributed by atoms with E-state index in [1.807, 2.05) is 0 Å². The number of nitrogens with zero attached hydrogens (tertiary/aromatic N) is 2. The first-order valence-electron chi connectivity index (χ1n) is 8.61. The second kappa shape index (κ2) is 4.81. The van der Waals surface area contributed by atoms with E-state index in [0.717, 1.165) is 35.4 Å². The van der Waals surface area contributed by atoms with Gasteiger partial charge in [0.25, 0.3) is 5.56 Å². The molecule has 0 spiro atoms. The van der Waals surface area contributed by atoms with Gasteiger partial charge in [-0.3, -0.25) is 9.48 Å². The molecule has 0 unspecified atom stereocenters. The molecule has 1 aromatic carbocycles. The molecule has 4 rings (SSSR count). The molecule has 0 amide bonds. The van der Waals surface area contributed by atoms with Gasteiger partial charge in [-0.15, -0.1) is 0 Å². The Morgan fingerprint density at radius 3 is 2.42 bits per heavy atom. The van der Waals surface area contributed by atoms with Crippen molar-refractivity contribution >= 4 is 0 Å². The number of benzene rings is 1. The third-order valence-corrected chi connectivity index (χ3v) is 6.89. The second-order valence-electron chi connectivity index (χ2n) is 8.21. The van der Waals surface area contributed by atoms with Gasteiger partial charge in [0.15, 0.2) is 0 Å². The highest BCUT2D eigenvalue weighted by Crippen LogP contribution is 2.66. The standard InChI is InChI=1S/C19H20F4N2O/c1-17(2)12-7-8-18(17,3)15-14(12)16(26)25(24(15)4)13-9-10(20)5-6-11(13)19(21,22)23/h5-6,9,12H,7-8H2,1-4H3/t12-,18+/m1/s1. The van der Waals surface area contributed by atoms with Gasteiger partial charge in [-0.05, 0) is 36.3 Å². The average molecular weight is 368 g/mol. The number of halogens is 4. The summed E-state index contributed by atoms with van der Waals surface area (Å²) in [4.78, 5) is 13.1. The summed E-state index contributed by atoms with van der Waals surface area (Å²) < 4.78 is 56.6. The molecule has 2 bridgehead atoms. The average Bonchev–Trinajstić information content (AvgIpc) is 2.97. The molecule has 0 saturated heterocycles. The van der Waals surface area contributed by atoms with Gasteiger partial charge in [-0.25, -0.2) is 9.07 Å². The Balaban J connectivity index is 2.05. The molecule has 1 aromatic heterocycles. The van der Waals surface area contributed by atoms with Crippen molar-refractivity contribution in [2.45, 2.75) is 51.1 Å². The zero-order valence-corrected chi connectivity index (χ0v) is 15.0. The van der Waals surface area contributed by atoms with Crippen molar-refractivity contribution in [1.29, 1.82) is 0 Å². The van der Waals surface area contributed by atoms with Crippen LogP contribution in [0.4, 0.5) is 17.6 Å². The van der Waals surface area contributed by atoms with Crippen molar-refractivity contribution in [2.24, 2.45) is 12.5 Å². The van der Waals surface area contributed by atoms with Crippen molar-refractivity contribution < 1.29 is 17.6 Å². The van der Waals surface area contributed by atoms with E-state index < -0.39 is 28.8 Å². The summed E-state index contributed by atoms with van der Waals surface area (Å²) in [6, 6.07) is 2.24. The Labute approximate surface area is 148 Å². The molecule has 7 heteroatoms. The maximum Gasteiger partial charge on any atom is 0.418 e. The van der Waals surface area contributed by atoms with Crippen LogP contribution in [0.15, 0.2) is 23.0 Å². The summed E-state index contributed by atoms with van der Waals surface area (Å²) in [6.07, 6.45) is -2.96. The fourth-order valence-corrected chi connectivity index (χ4v) is 5.21. The van der Waals surface area contributed by atoms with Crippen LogP contribution in [0.2, 0.25) is 0 Å². The van der Waals surface area contributed by atoms with Crippen LogP contribution in [0.5, 0.6) is 0 Å². The maximum absolute atomic E-state index is 13.8. The van der Waals surface area contributed by atoms with Gasteiger partial charge in [0.2, 0.25) is 0 Å². The Bertz CT molecular complexity index is 983. The summed E-state index contributed by atoms with van der Waals surface area (Å²) >= 11 is 0. The molecule has 140 valence electrons. The van der Waals surface area contributed by atoms with E-state index in [2.05, 4.69) is 20.8 Å². The number of fused-ring (bicyclic) bond motifs is 5. The van der Waals surface area contributed by atoms with Crippen molar-refractivity contribution in [3.63, 3.8) is 0 Å². The summed E-state index contributed by atoms with van der Waals surface area (Å²) in [7, 11) is 1.59. The molecule has 1 saturated carbocycles. The molecule has 3 nitrogen and oxygen atoms in total. The van der Waals surface area contributed by atoms with Crippen LogP contribution < -0.4 is 5.56 Å². The Hall–Kier alpha value is -2.05. The zero-order valence-electron chi connectivity index (χ0n) is 15.0. The Morgan fingerprint density at radius 2 is 1.85 bits per heavy atom. The molecular weight excluding hydrogens is 348 g/mol. The van der Waals surface area contributed by atoms with E-state index in [1.54, 1.807) is 7.05 Å². The topological polar surface area (TPSA) is 26.9 Å². The second-order valence-corrected chi connectivity index (χ2v) is 8.21. The molecule has 26 heavy (non-hydrogen) atoms. The molecule has 2 atom stereocenters. The molecule has 0 radical (unpaired) electrons. The largest absolute Gasteiger partial charge is 0.418 e. The summed E-state index contributed by atoms with van der Waals surface area (Å²) in [5.74, 6) is -0.805. The van der Waals surface area contributed by atoms with Crippen LogP contribution in [-0.2, 0) is 18.6 Å². The number of alkyl halides is 3. The molecule has 1 fully saturated rings. The van der Waals surface area contributed by atoms with Crippen LogP contribution in [-0.4, -0.2) is 9.36 Å². The van der Waals surface area contributed by atoms with Gasteiger partial charge in [-0.2, -0.15) is 13.2 Å². The quantitative estimate of drug-likeness (QED) is 0.681. The number of hydrogen-bond acceptors (Lipinski definition) is 1. The zero-order chi connectivity index (χ0) is 19.2. The van der Waals surface area contributed by atoms with Crippen LogP contribution in [0.1, 0.15) is 56.4 Å². The predicted molar refractivity (Wildman–Crippen MR) is 89.1 cm³/mol. The van der Waals surface area contributed by atoms with Crippen molar-refractivity contribution in [3.8, 4) is 5.69 Å². The predicted octanol–water partition coefficient (Wildman–Crippen LogP) is 4.51. The van der Waals surface area contributed by atoms with E-state index >= 15 is 0 Å². The first kappa shape index (κ1) is 17.4. The highest BCUT2D eigenvalue weighted by Gasteiger charge is 2.62. The number of hydrogen-bond donors (Lipinski definition) is 0. The molecule has 2 aromatic rings. The van der Waals surface area contributed by atoms with E-state index in [4.69, 9.17) is 0 Å². The van der Waals surface area contributed by atoms with Crippen molar-refractivity contribution in [1.82, 2.24) is 9.36 Å². The third-order valence-electron chi connectivity index (χ3n) is 6.89. The van der Waals surface area contributed by atoms with Gasteiger partial charge in [0, 0.05) is 24.1 Å². The minimum absolute atomic E-state index is 0.00495. The minimum atomic E-state index is -4.68. The molecular formula is C19H20F4N2O. The monoisotopic (exact) mass is 368 g/mol.